The van der Waals surface area contributed by atoms with Crippen molar-refractivity contribution in [3.05, 3.63) is 65.0 Å². The summed E-state index contributed by atoms with van der Waals surface area (Å²) in [4.78, 5) is 27.5. The highest BCUT2D eigenvalue weighted by atomic mass is 32.2. The van der Waals surface area contributed by atoms with Gasteiger partial charge >= 0.3 is 6.09 Å². The van der Waals surface area contributed by atoms with Crippen LogP contribution in [0.25, 0.3) is 0 Å². The van der Waals surface area contributed by atoms with Crippen molar-refractivity contribution in [2.75, 3.05) is 37.8 Å². The Bertz CT molecular complexity index is 1570. The van der Waals surface area contributed by atoms with Crippen molar-refractivity contribution < 1.29 is 41.0 Å². The molecule has 6 atom stereocenters. The van der Waals surface area contributed by atoms with Crippen LogP contribution in [0.5, 0.6) is 0 Å². The molecule has 2 aromatic carbocycles. The van der Waals surface area contributed by atoms with Crippen molar-refractivity contribution in [2.24, 2.45) is 5.92 Å². The van der Waals surface area contributed by atoms with Gasteiger partial charge in [-0.2, -0.15) is 4.31 Å². The van der Waals surface area contributed by atoms with E-state index in [9.17, 15) is 31.9 Å². The average Bonchev–Trinajstić information content (AvgIpc) is 3.12. The minimum absolute atomic E-state index is 0.0231. The number of benzene rings is 2. The Kier molecular flexibility index (Phi) is 10.5. The van der Waals surface area contributed by atoms with E-state index >= 15 is 4.39 Å². The molecule has 3 aliphatic heterocycles. The van der Waals surface area contributed by atoms with Crippen LogP contribution in [0.1, 0.15) is 63.0 Å². The van der Waals surface area contributed by atoms with Crippen molar-refractivity contribution in [1.29, 1.82) is 0 Å². The molecule has 47 heavy (non-hydrogen) atoms. The number of carbonyl (C=O) groups is 2. The number of ether oxygens (including phenoxy) is 1. The van der Waals surface area contributed by atoms with Crippen molar-refractivity contribution in [3.8, 4) is 0 Å². The average molecular weight is 681 g/mol. The number of amides is 2. The molecule has 14 heteroatoms. The lowest BCUT2D eigenvalue weighted by Gasteiger charge is -2.43. The van der Waals surface area contributed by atoms with Gasteiger partial charge < -0.3 is 20.5 Å². The molecule has 10 nitrogen and oxygen atoms in total. The quantitative estimate of drug-likeness (QED) is 0.350. The Morgan fingerprint density at radius 1 is 1.15 bits per heavy atom. The fourth-order valence-corrected chi connectivity index (χ4v) is 9.21. The molecule has 0 spiro atoms. The second kappa shape index (κ2) is 14.1. The molecule has 5 rings (SSSR count). The van der Waals surface area contributed by atoms with Crippen LogP contribution >= 0.6 is 0 Å². The lowest BCUT2D eigenvalue weighted by atomic mass is 9.72. The van der Waals surface area contributed by atoms with E-state index in [0.717, 1.165) is 17.4 Å². The molecule has 2 unspecified atom stereocenters. The van der Waals surface area contributed by atoms with Gasteiger partial charge in [0.25, 0.3) is 0 Å². The molecule has 2 aromatic rings. The van der Waals surface area contributed by atoms with Crippen molar-refractivity contribution >= 4 is 27.7 Å². The third kappa shape index (κ3) is 7.93. The van der Waals surface area contributed by atoms with Gasteiger partial charge in [0.05, 0.1) is 11.4 Å². The Labute approximate surface area is 273 Å². The van der Waals surface area contributed by atoms with E-state index < -0.39 is 63.1 Å². The van der Waals surface area contributed by atoms with E-state index in [1.807, 2.05) is 13.8 Å². The van der Waals surface area contributed by atoms with Gasteiger partial charge in [-0.3, -0.25) is 9.69 Å². The number of fused-ring (bicyclic) bond motifs is 2. The fourth-order valence-electron chi connectivity index (χ4n) is 7.40. The van der Waals surface area contributed by atoms with Gasteiger partial charge in [0.2, 0.25) is 15.9 Å². The molecule has 0 aliphatic carbocycles. The molecule has 0 radical (unpaired) electrons. The van der Waals surface area contributed by atoms with Crippen LogP contribution in [0.4, 0.5) is 23.7 Å². The van der Waals surface area contributed by atoms with Crippen molar-refractivity contribution in [2.45, 2.75) is 82.0 Å². The maximum Gasteiger partial charge on any atom is 0.407 e. The molecule has 0 aromatic heterocycles. The SMILES string of the molecule is CN(C(=O)O)[C@H](C(=O)Nc1ccc(F)c(F)c1CC[C@H]1CN[C@@H]2CCCS(=O)(=O)N1C2)[C@@H](c1ccc(F)cc1)C1CCOC(C)(C)C1. The second-order valence-electron chi connectivity index (χ2n) is 13.5. The van der Waals surface area contributed by atoms with E-state index in [0.29, 0.717) is 44.5 Å². The Balaban J connectivity index is 1.46. The number of nitrogens with one attached hydrogen (secondary N) is 2. The summed E-state index contributed by atoms with van der Waals surface area (Å²) in [6.45, 7) is 4.85. The Hall–Kier alpha value is -3.20. The molecule has 0 saturated carbocycles. The number of piperazine rings is 1. The predicted molar refractivity (Wildman–Crippen MR) is 170 cm³/mol. The van der Waals surface area contributed by atoms with Gasteiger partial charge in [-0.1, -0.05) is 12.1 Å². The number of carboxylic acid groups (broad SMARTS) is 1. The van der Waals surface area contributed by atoms with E-state index in [1.54, 1.807) is 0 Å². The van der Waals surface area contributed by atoms with Crippen molar-refractivity contribution in [3.63, 3.8) is 0 Å². The molecular weight excluding hydrogens is 637 g/mol. The third-order valence-electron chi connectivity index (χ3n) is 9.77. The lowest BCUT2D eigenvalue weighted by Crippen LogP contribution is -2.57. The largest absolute Gasteiger partial charge is 0.465 e. The van der Waals surface area contributed by atoms with E-state index in [2.05, 4.69) is 10.6 Å². The molecule has 3 fully saturated rings. The first-order chi connectivity index (χ1) is 22.2. The lowest BCUT2D eigenvalue weighted by molar-refractivity contribution is -0.123. The number of halogens is 3. The summed E-state index contributed by atoms with van der Waals surface area (Å²) in [5, 5.41) is 16.1. The van der Waals surface area contributed by atoms with Crippen LogP contribution in [-0.4, -0.2) is 91.0 Å². The van der Waals surface area contributed by atoms with Gasteiger partial charge in [0, 0.05) is 56.0 Å². The summed E-state index contributed by atoms with van der Waals surface area (Å²) >= 11 is 0. The molecule has 258 valence electrons. The number of hydrogen-bond donors (Lipinski definition) is 3. The van der Waals surface area contributed by atoms with Gasteiger partial charge in [-0.05, 0) is 88.1 Å². The predicted octanol–water partition coefficient (Wildman–Crippen LogP) is 4.71. The van der Waals surface area contributed by atoms with Crippen LogP contribution in [0.2, 0.25) is 0 Å². The maximum atomic E-state index is 15.4. The summed E-state index contributed by atoms with van der Waals surface area (Å²) in [5.41, 5.74) is -0.195. The summed E-state index contributed by atoms with van der Waals surface area (Å²) in [6, 6.07) is 5.88. The summed E-state index contributed by atoms with van der Waals surface area (Å²) in [5.74, 6) is -4.52. The molecule has 3 saturated heterocycles. The molecular formula is C33H43F3N4O6S. The monoisotopic (exact) mass is 680 g/mol. The number of carbonyl (C=O) groups excluding carboxylic acids is 1. The zero-order chi connectivity index (χ0) is 34.1. The fraction of sp³-hybridized carbons (Fsp3) is 0.576. The van der Waals surface area contributed by atoms with Crippen LogP contribution < -0.4 is 10.6 Å². The molecule has 3 N–H and O–H groups in total. The maximum absolute atomic E-state index is 15.4. The van der Waals surface area contributed by atoms with Crippen LogP contribution in [-0.2, 0) is 26.0 Å². The molecule has 3 aliphatic rings. The van der Waals surface area contributed by atoms with Crippen LogP contribution in [0.15, 0.2) is 36.4 Å². The Morgan fingerprint density at radius 2 is 1.87 bits per heavy atom. The highest BCUT2D eigenvalue weighted by Crippen LogP contribution is 2.42. The standard InChI is InChI=1S/C33H43F3N4O6S/c1-33(2)17-21(14-15-46-33)28(20-6-8-22(34)9-7-20)30(39(3)32(42)43)31(41)38-27-13-12-26(35)29(36)25(27)11-10-24-18-37-23-5-4-16-47(44,45)40(24)19-23/h6-9,12-13,21,23-24,28,30,37H,4-5,10-11,14-19H2,1-3H3,(H,38,41)(H,42,43)/t21?,23-,24+,28+,30+/m1/s1. The summed E-state index contributed by atoms with van der Waals surface area (Å²) in [7, 11) is -2.25. The summed E-state index contributed by atoms with van der Waals surface area (Å²) < 4.78 is 77.3. The van der Waals surface area contributed by atoms with E-state index in [4.69, 9.17) is 4.74 Å². The number of nitrogens with zero attached hydrogens (tertiary/aromatic N) is 2. The number of rotatable bonds is 9. The number of hydrogen-bond acceptors (Lipinski definition) is 6. The van der Waals surface area contributed by atoms with Gasteiger partial charge in [-0.25, -0.2) is 26.4 Å². The molecule has 2 amide bonds. The minimum atomic E-state index is -3.52. The van der Waals surface area contributed by atoms with Crippen molar-refractivity contribution in [1.82, 2.24) is 14.5 Å². The number of sulfonamides is 1. The number of likely N-dealkylation sites (N-methyl/N-ethyl adjacent to an activating group) is 1. The number of anilines is 1. The van der Waals surface area contributed by atoms with Crippen LogP contribution in [0, 0.1) is 23.4 Å². The zero-order valence-electron chi connectivity index (χ0n) is 26.8. The van der Waals surface area contributed by atoms with E-state index in [1.165, 1.54) is 41.7 Å². The normalized spacial score (nSPS) is 26.4. The van der Waals surface area contributed by atoms with Gasteiger partial charge in [0.15, 0.2) is 11.6 Å². The topological polar surface area (TPSA) is 128 Å². The Morgan fingerprint density at radius 3 is 2.55 bits per heavy atom. The minimum Gasteiger partial charge on any atom is -0.465 e. The van der Waals surface area contributed by atoms with Crippen LogP contribution in [0.3, 0.4) is 0 Å². The van der Waals surface area contributed by atoms with Gasteiger partial charge in [-0.15, -0.1) is 0 Å². The highest BCUT2D eigenvalue weighted by molar-refractivity contribution is 7.89. The van der Waals surface area contributed by atoms with Gasteiger partial charge in [0.1, 0.15) is 11.9 Å². The third-order valence-corrected chi connectivity index (χ3v) is 11.7. The van der Waals surface area contributed by atoms with E-state index in [-0.39, 0.29) is 41.8 Å². The first-order valence-corrected chi connectivity index (χ1v) is 17.6. The molecule has 3 heterocycles. The second-order valence-corrected chi connectivity index (χ2v) is 15.5. The smallest absolute Gasteiger partial charge is 0.407 e. The highest BCUT2D eigenvalue weighted by Gasteiger charge is 2.44. The first-order valence-electron chi connectivity index (χ1n) is 16.0. The summed E-state index contributed by atoms with van der Waals surface area (Å²) in [6.07, 6.45) is 0.957. The first kappa shape index (κ1) is 35.1. The zero-order valence-corrected chi connectivity index (χ0v) is 27.7. The molecule has 2 bridgehead atoms.